The lowest BCUT2D eigenvalue weighted by Crippen LogP contribution is -1.88. The van der Waals surface area contributed by atoms with Crippen molar-refractivity contribution in [2.45, 2.75) is 6.61 Å². The number of hydrogen-bond acceptors (Lipinski definition) is 2. The van der Waals surface area contributed by atoms with Gasteiger partial charge < -0.3 is 4.84 Å². The predicted molar refractivity (Wildman–Crippen MR) is 70.2 cm³/mol. The largest absolute Gasteiger partial charge is 0.391 e. The molecule has 0 radical (unpaired) electrons. The van der Waals surface area contributed by atoms with Crippen LogP contribution in [-0.4, -0.2) is 6.21 Å². The van der Waals surface area contributed by atoms with Crippen molar-refractivity contribution < 1.29 is 9.23 Å². The molecule has 0 amide bonds. The molecule has 0 heterocycles. The molecule has 0 aromatic heterocycles. The van der Waals surface area contributed by atoms with E-state index in [9.17, 15) is 4.39 Å². The summed E-state index contributed by atoms with van der Waals surface area (Å²) in [5.74, 6) is -0.261. The third kappa shape index (κ3) is 3.86. The van der Waals surface area contributed by atoms with Crippen LogP contribution in [0.3, 0.4) is 0 Å². The van der Waals surface area contributed by atoms with Crippen LogP contribution in [0.25, 0.3) is 0 Å². The summed E-state index contributed by atoms with van der Waals surface area (Å²) in [7, 11) is 0. The Balaban J connectivity index is 1.84. The molecule has 2 aromatic carbocycles. The van der Waals surface area contributed by atoms with Crippen LogP contribution in [0.15, 0.2) is 53.7 Å². The summed E-state index contributed by atoms with van der Waals surface area (Å²) < 4.78 is 12.6. The highest BCUT2D eigenvalue weighted by Gasteiger charge is 1.93. The predicted octanol–water partition coefficient (Wildman–Crippen LogP) is 4.03. The molecular formula is C14H11ClFNO. The van der Waals surface area contributed by atoms with Gasteiger partial charge in [0.25, 0.3) is 0 Å². The first-order chi connectivity index (χ1) is 8.74. The topological polar surface area (TPSA) is 21.6 Å². The van der Waals surface area contributed by atoms with Gasteiger partial charge in [-0.05, 0) is 35.4 Å². The standard InChI is InChI=1S/C14H11ClFNO/c15-13-5-1-11(2-6-13)9-17-18-10-12-3-7-14(16)8-4-12/h1-9H,10H2/b17-9+. The van der Waals surface area contributed by atoms with Crippen molar-refractivity contribution in [2.24, 2.45) is 5.16 Å². The molecule has 0 unspecified atom stereocenters. The first kappa shape index (κ1) is 12.6. The molecule has 0 aliphatic heterocycles. The van der Waals surface area contributed by atoms with Gasteiger partial charge in [0.05, 0.1) is 6.21 Å². The summed E-state index contributed by atoms with van der Waals surface area (Å²) in [6.45, 7) is 0.310. The van der Waals surface area contributed by atoms with E-state index in [1.165, 1.54) is 12.1 Å². The minimum absolute atomic E-state index is 0.261. The highest BCUT2D eigenvalue weighted by Crippen LogP contribution is 2.08. The Morgan fingerprint density at radius 2 is 1.72 bits per heavy atom. The monoisotopic (exact) mass is 263 g/mol. The van der Waals surface area contributed by atoms with E-state index in [0.717, 1.165) is 11.1 Å². The zero-order chi connectivity index (χ0) is 12.8. The Bertz CT molecular complexity index is 522. The maximum Gasteiger partial charge on any atom is 0.142 e. The molecule has 2 nitrogen and oxygen atoms in total. The number of halogens is 2. The second-order valence-electron chi connectivity index (χ2n) is 3.69. The van der Waals surface area contributed by atoms with Gasteiger partial charge in [-0.1, -0.05) is 41.0 Å². The van der Waals surface area contributed by atoms with Crippen LogP contribution in [0.2, 0.25) is 5.02 Å². The van der Waals surface area contributed by atoms with Gasteiger partial charge in [-0.15, -0.1) is 0 Å². The highest BCUT2D eigenvalue weighted by atomic mass is 35.5. The van der Waals surface area contributed by atoms with Gasteiger partial charge in [-0.3, -0.25) is 0 Å². The maximum absolute atomic E-state index is 12.6. The van der Waals surface area contributed by atoms with Crippen molar-refractivity contribution in [3.05, 3.63) is 70.5 Å². The van der Waals surface area contributed by atoms with Crippen LogP contribution in [0.5, 0.6) is 0 Å². The van der Waals surface area contributed by atoms with Crippen LogP contribution in [0.1, 0.15) is 11.1 Å². The van der Waals surface area contributed by atoms with E-state index in [2.05, 4.69) is 5.16 Å². The van der Waals surface area contributed by atoms with Crippen molar-refractivity contribution in [3.8, 4) is 0 Å². The van der Waals surface area contributed by atoms with Gasteiger partial charge in [0.1, 0.15) is 12.4 Å². The number of benzene rings is 2. The fourth-order valence-corrected chi connectivity index (χ4v) is 1.47. The molecule has 0 spiro atoms. The number of oxime groups is 1. The molecule has 0 saturated heterocycles. The highest BCUT2D eigenvalue weighted by molar-refractivity contribution is 6.30. The number of nitrogens with zero attached hydrogens (tertiary/aromatic N) is 1. The molecule has 0 atom stereocenters. The summed E-state index contributed by atoms with van der Waals surface area (Å²) in [4.78, 5) is 5.11. The average molecular weight is 264 g/mol. The third-order valence-corrected chi connectivity index (χ3v) is 2.54. The average Bonchev–Trinajstić information content (AvgIpc) is 2.39. The van der Waals surface area contributed by atoms with Gasteiger partial charge in [0, 0.05) is 5.02 Å². The molecule has 0 bridgehead atoms. The minimum atomic E-state index is -0.261. The van der Waals surface area contributed by atoms with Gasteiger partial charge in [-0.25, -0.2) is 4.39 Å². The molecule has 0 fully saturated rings. The van der Waals surface area contributed by atoms with Crippen molar-refractivity contribution in [3.63, 3.8) is 0 Å². The molecule has 0 N–H and O–H groups in total. The smallest absolute Gasteiger partial charge is 0.142 e. The number of rotatable bonds is 4. The zero-order valence-corrected chi connectivity index (χ0v) is 10.3. The Morgan fingerprint density at radius 3 is 2.39 bits per heavy atom. The summed E-state index contributed by atoms with van der Waals surface area (Å²) in [6, 6.07) is 13.3. The van der Waals surface area contributed by atoms with Gasteiger partial charge in [-0.2, -0.15) is 0 Å². The van der Waals surface area contributed by atoms with Gasteiger partial charge in [0.2, 0.25) is 0 Å². The van der Waals surface area contributed by atoms with Crippen molar-refractivity contribution in [1.82, 2.24) is 0 Å². The lowest BCUT2D eigenvalue weighted by molar-refractivity contribution is 0.132. The lowest BCUT2D eigenvalue weighted by atomic mass is 10.2. The zero-order valence-electron chi connectivity index (χ0n) is 9.51. The molecule has 92 valence electrons. The second kappa shape index (κ2) is 6.17. The Labute approximate surface area is 110 Å². The fraction of sp³-hybridized carbons (Fsp3) is 0.0714. The first-order valence-electron chi connectivity index (χ1n) is 5.39. The van der Waals surface area contributed by atoms with Crippen LogP contribution >= 0.6 is 11.6 Å². The Kier molecular flexibility index (Phi) is 4.31. The Hall–Kier alpha value is -1.87. The fourth-order valence-electron chi connectivity index (χ4n) is 1.34. The van der Waals surface area contributed by atoms with Crippen molar-refractivity contribution in [1.29, 1.82) is 0 Å². The summed E-state index contributed by atoms with van der Waals surface area (Å²) >= 11 is 5.76. The minimum Gasteiger partial charge on any atom is -0.391 e. The van der Waals surface area contributed by atoms with Crippen LogP contribution in [0.4, 0.5) is 4.39 Å². The van der Waals surface area contributed by atoms with E-state index in [1.807, 2.05) is 12.1 Å². The number of hydrogen-bond donors (Lipinski definition) is 0. The lowest BCUT2D eigenvalue weighted by Gasteiger charge is -1.99. The third-order valence-electron chi connectivity index (χ3n) is 2.29. The Morgan fingerprint density at radius 1 is 1.06 bits per heavy atom. The summed E-state index contributed by atoms with van der Waals surface area (Å²) in [6.07, 6.45) is 1.60. The van der Waals surface area contributed by atoms with E-state index >= 15 is 0 Å². The van der Waals surface area contributed by atoms with E-state index < -0.39 is 0 Å². The van der Waals surface area contributed by atoms with Crippen molar-refractivity contribution in [2.75, 3.05) is 0 Å². The van der Waals surface area contributed by atoms with Crippen LogP contribution in [0, 0.1) is 5.82 Å². The quantitative estimate of drug-likeness (QED) is 0.603. The van der Waals surface area contributed by atoms with Gasteiger partial charge >= 0.3 is 0 Å². The molecular weight excluding hydrogens is 253 g/mol. The maximum atomic E-state index is 12.6. The molecule has 0 aliphatic carbocycles. The first-order valence-corrected chi connectivity index (χ1v) is 5.77. The molecule has 18 heavy (non-hydrogen) atoms. The van der Waals surface area contributed by atoms with Crippen LogP contribution < -0.4 is 0 Å². The molecule has 2 rings (SSSR count). The van der Waals surface area contributed by atoms with Gasteiger partial charge in [0.15, 0.2) is 0 Å². The van der Waals surface area contributed by atoms with E-state index in [1.54, 1.807) is 30.5 Å². The van der Waals surface area contributed by atoms with E-state index in [-0.39, 0.29) is 5.82 Å². The van der Waals surface area contributed by atoms with E-state index in [0.29, 0.717) is 11.6 Å². The molecule has 4 heteroatoms. The van der Waals surface area contributed by atoms with Crippen molar-refractivity contribution >= 4 is 17.8 Å². The second-order valence-corrected chi connectivity index (χ2v) is 4.12. The summed E-state index contributed by atoms with van der Waals surface area (Å²) in [5.41, 5.74) is 1.77. The van der Waals surface area contributed by atoms with Crippen LogP contribution in [-0.2, 0) is 11.4 Å². The summed E-state index contributed by atoms with van der Waals surface area (Å²) in [5, 5.41) is 4.51. The normalized spacial score (nSPS) is 10.8. The van der Waals surface area contributed by atoms with E-state index in [4.69, 9.17) is 16.4 Å². The molecule has 0 saturated carbocycles. The SMILES string of the molecule is Fc1ccc(CO/N=C/c2ccc(Cl)cc2)cc1. The molecule has 2 aromatic rings. The molecule has 0 aliphatic rings.